The van der Waals surface area contributed by atoms with Crippen LogP contribution in [0.2, 0.25) is 0 Å². The molecule has 0 aliphatic rings. The van der Waals surface area contributed by atoms with Crippen LogP contribution in [-0.2, 0) is 12.1 Å². The molecule has 4 rings (SSSR count). The van der Waals surface area contributed by atoms with Crippen molar-refractivity contribution in [2.75, 3.05) is 6.54 Å². The highest BCUT2D eigenvalue weighted by atomic mass is 16.3. The van der Waals surface area contributed by atoms with E-state index in [0.29, 0.717) is 24.5 Å². The van der Waals surface area contributed by atoms with E-state index in [2.05, 4.69) is 5.32 Å². The van der Waals surface area contributed by atoms with Gasteiger partial charge in [-0.25, -0.2) is 4.98 Å². The summed E-state index contributed by atoms with van der Waals surface area (Å²) < 4.78 is 1.98. The number of fused-ring (bicyclic) bond motifs is 1. The lowest BCUT2D eigenvalue weighted by Gasteiger charge is -2.29. The number of aryl methyl sites for hydroxylation is 1. The van der Waals surface area contributed by atoms with Crippen molar-refractivity contribution in [3.8, 4) is 0 Å². The van der Waals surface area contributed by atoms with Crippen LogP contribution in [0.4, 0.5) is 0 Å². The Balaban J connectivity index is 1.98. The Hall–Kier alpha value is -3.44. The van der Waals surface area contributed by atoms with Crippen LogP contribution < -0.4 is 5.32 Å². The lowest BCUT2D eigenvalue weighted by Crippen LogP contribution is -2.32. The number of rotatable bonds is 6. The molecule has 0 atom stereocenters. The lowest BCUT2D eigenvalue weighted by atomic mass is 9.85. The molecule has 0 saturated heterocycles. The van der Waals surface area contributed by atoms with Crippen molar-refractivity contribution in [1.29, 1.82) is 0 Å². The van der Waals surface area contributed by atoms with Crippen molar-refractivity contribution in [2.24, 2.45) is 0 Å². The number of nitrogens with one attached hydrogen (secondary N) is 1. The van der Waals surface area contributed by atoms with Crippen LogP contribution in [0.3, 0.4) is 0 Å². The fourth-order valence-corrected chi connectivity index (χ4v) is 3.91. The number of carbonyl (C=O) groups is 1. The number of nitrogens with zero attached hydrogens (tertiary/aromatic N) is 2. The van der Waals surface area contributed by atoms with E-state index in [1.54, 1.807) is 6.07 Å². The van der Waals surface area contributed by atoms with E-state index in [0.717, 1.165) is 22.2 Å². The van der Waals surface area contributed by atoms with Gasteiger partial charge in [0.15, 0.2) is 11.4 Å². The predicted molar refractivity (Wildman–Crippen MR) is 118 cm³/mol. The molecule has 1 amide bonds. The molecule has 3 aromatic carbocycles. The summed E-state index contributed by atoms with van der Waals surface area (Å²) in [5, 5.41) is 15.0. The van der Waals surface area contributed by atoms with E-state index in [1.165, 1.54) is 0 Å². The van der Waals surface area contributed by atoms with Crippen LogP contribution in [0.5, 0.6) is 0 Å². The van der Waals surface area contributed by atoms with Crippen LogP contribution in [0.15, 0.2) is 78.9 Å². The Morgan fingerprint density at radius 2 is 1.57 bits per heavy atom. The molecule has 0 spiro atoms. The summed E-state index contributed by atoms with van der Waals surface area (Å²) in [6, 6.07) is 24.6. The largest absolute Gasteiger partial charge is 0.373 e. The Morgan fingerprint density at radius 3 is 2.10 bits per heavy atom. The van der Waals surface area contributed by atoms with Gasteiger partial charge in [0.05, 0.1) is 11.0 Å². The van der Waals surface area contributed by atoms with Gasteiger partial charge in [-0.3, -0.25) is 4.79 Å². The highest BCUT2D eigenvalue weighted by Crippen LogP contribution is 2.37. The second-order valence-electron chi connectivity index (χ2n) is 7.19. The minimum Gasteiger partial charge on any atom is -0.373 e. The zero-order valence-corrected chi connectivity index (χ0v) is 17.2. The van der Waals surface area contributed by atoms with Gasteiger partial charge < -0.3 is 15.0 Å². The third kappa shape index (κ3) is 3.27. The number of amides is 1. The molecule has 2 N–H and O–H groups in total. The summed E-state index contributed by atoms with van der Waals surface area (Å²) >= 11 is 0. The van der Waals surface area contributed by atoms with Gasteiger partial charge >= 0.3 is 0 Å². The van der Waals surface area contributed by atoms with Gasteiger partial charge in [0.25, 0.3) is 5.91 Å². The Kier molecular flexibility index (Phi) is 5.38. The van der Waals surface area contributed by atoms with Gasteiger partial charge in [0, 0.05) is 18.7 Å². The molecule has 0 saturated carbocycles. The number of imidazole rings is 1. The third-order valence-corrected chi connectivity index (χ3v) is 5.37. The summed E-state index contributed by atoms with van der Waals surface area (Å²) in [7, 11) is 0. The molecule has 1 heterocycles. The molecular formula is C25H25N3O2. The first-order valence-electron chi connectivity index (χ1n) is 10.2. The number of benzene rings is 3. The van der Waals surface area contributed by atoms with E-state index in [-0.39, 0.29) is 5.91 Å². The van der Waals surface area contributed by atoms with E-state index in [9.17, 15) is 9.90 Å². The SMILES string of the molecule is CCNC(=O)c1ccc2nc(C(O)(c3ccccc3)c3ccccc3)n(CC)c2c1. The first-order valence-corrected chi connectivity index (χ1v) is 10.2. The standard InChI is InChI=1S/C25H25N3O2/c1-3-26-23(29)18-15-16-21-22(17-18)28(4-2)24(27-21)25(30,19-11-7-5-8-12-19)20-13-9-6-10-14-20/h5-17,30H,3-4H2,1-2H3,(H,26,29). The van der Waals surface area contributed by atoms with Gasteiger partial charge in [-0.15, -0.1) is 0 Å². The van der Waals surface area contributed by atoms with Gasteiger partial charge in [-0.1, -0.05) is 60.7 Å². The molecular weight excluding hydrogens is 374 g/mol. The quantitative estimate of drug-likeness (QED) is 0.513. The normalized spacial score (nSPS) is 11.6. The summed E-state index contributed by atoms with van der Waals surface area (Å²) in [5.41, 5.74) is 2.19. The number of hydrogen-bond acceptors (Lipinski definition) is 3. The second-order valence-corrected chi connectivity index (χ2v) is 7.19. The third-order valence-electron chi connectivity index (χ3n) is 5.37. The average Bonchev–Trinajstić information content (AvgIpc) is 3.18. The maximum atomic E-state index is 12.3. The second kappa shape index (κ2) is 8.13. The molecule has 0 radical (unpaired) electrons. The lowest BCUT2D eigenvalue weighted by molar-refractivity contribution is 0.0956. The minimum atomic E-state index is -1.43. The van der Waals surface area contributed by atoms with E-state index in [1.807, 2.05) is 91.2 Å². The van der Waals surface area contributed by atoms with E-state index >= 15 is 0 Å². The van der Waals surface area contributed by atoms with Crippen molar-refractivity contribution < 1.29 is 9.90 Å². The van der Waals surface area contributed by atoms with Crippen LogP contribution in [-0.4, -0.2) is 27.1 Å². The molecule has 0 aliphatic heterocycles. The smallest absolute Gasteiger partial charge is 0.251 e. The zero-order valence-electron chi connectivity index (χ0n) is 17.2. The Bertz CT molecular complexity index is 1130. The molecule has 0 unspecified atom stereocenters. The maximum Gasteiger partial charge on any atom is 0.251 e. The van der Waals surface area contributed by atoms with E-state index in [4.69, 9.17) is 4.98 Å². The molecule has 5 heteroatoms. The van der Waals surface area contributed by atoms with Gasteiger partial charge in [-0.05, 0) is 43.2 Å². The summed E-state index contributed by atoms with van der Waals surface area (Å²) in [5.74, 6) is 0.414. The fourth-order valence-electron chi connectivity index (χ4n) is 3.91. The molecule has 0 aliphatic carbocycles. The Morgan fingerprint density at radius 1 is 0.967 bits per heavy atom. The van der Waals surface area contributed by atoms with Crippen molar-refractivity contribution in [2.45, 2.75) is 26.0 Å². The van der Waals surface area contributed by atoms with Crippen molar-refractivity contribution >= 4 is 16.9 Å². The number of carbonyl (C=O) groups excluding carboxylic acids is 1. The summed E-state index contributed by atoms with van der Waals surface area (Å²) in [6.45, 7) is 5.08. The fraction of sp³-hybridized carbons (Fsp3) is 0.200. The van der Waals surface area contributed by atoms with Crippen LogP contribution in [0, 0.1) is 0 Å². The molecule has 0 bridgehead atoms. The van der Waals surface area contributed by atoms with Gasteiger partial charge in [0.2, 0.25) is 0 Å². The first-order chi connectivity index (χ1) is 14.6. The van der Waals surface area contributed by atoms with Crippen molar-refractivity contribution in [3.63, 3.8) is 0 Å². The molecule has 0 fully saturated rings. The molecule has 4 aromatic rings. The highest BCUT2D eigenvalue weighted by molar-refractivity contribution is 5.97. The number of aromatic nitrogens is 2. The topological polar surface area (TPSA) is 67.2 Å². The Labute approximate surface area is 176 Å². The number of hydrogen-bond donors (Lipinski definition) is 2. The predicted octanol–water partition coefficient (Wildman–Crippen LogP) is 4.09. The first kappa shape index (κ1) is 19.9. The molecule has 30 heavy (non-hydrogen) atoms. The molecule has 152 valence electrons. The maximum absolute atomic E-state index is 12.3. The summed E-state index contributed by atoms with van der Waals surface area (Å²) in [4.78, 5) is 17.2. The highest BCUT2D eigenvalue weighted by Gasteiger charge is 2.38. The monoisotopic (exact) mass is 399 g/mol. The van der Waals surface area contributed by atoms with Gasteiger partial charge in [0.1, 0.15) is 0 Å². The van der Waals surface area contributed by atoms with E-state index < -0.39 is 5.60 Å². The average molecular weight is 399 g/mol. The zero-order chi connectivity index (χ0) is 21.1. The van der Waals surface area contributed by atoms with Crippen molar-refractivity contribution in [1.82, 2.24) is 14.9 Å². The van der Waals surface area contributed by atoms with Crippen LogP contribution >= 0.6 is 0 Å². The summed E-state index contributed by atoms with van der Waals surface area (Å²) in [6.07, 6.45) is 0. The van der Waals surface area contributed by atoms with Crippen molar-refractivity contribution in [3.05, 3.63) is 101 Å². The molecule has 5 nitrogen and oxygen atoms in total. The van der Waals surface area contributed by atoms with Crippen LogP contribution in [0.25, 0.3) is 11.0 Å². The number of aliphatic hydroxyl groups is 1. The van der Waals surface area contributed by atoms with Crippen LogP contribution in [0.1, 0.15) is 41.2 Å². The van der Waals surface area contributed by atoms with Gasteiger partial charge in [-0.2, -0.15) is 0 Å². The molecule has 1 aromatic heterocycles. The minimum absolute atomic E-state index is 0.119.